The summed E-state index contributed by atoms with van der Waals surface area (Å²) in [4.78, 5) is 44.8. The number of hydrogen-bond donors (Lipinski definition) is 1. The number of para-hydroxylation sites is 1. The number of fused-ring (bicyclic) bond motifs is 2. The lowest BCUT2D eigenvalue weighted by atomic mass is 9.94. The molecule has 2 aliphatic rings. The number of nitrogens with zero attached hydrogens (tertiary/aromatic N) is 7. The van der Waals surface area contributed by atoms with Gasteiger partial charge in [0.2, 0.25) is 11.9 Å². The van der Waals surface area contributed by atoms with Gasteiger partial charge in [0.1, 0.15) is 5.82 Å². The Kier molecular flexibility index (Phi) is 7.70. The number of urea groups is 1. The fourth-order valence-electron chi connectivity index (χ4n) is 5.25. The molecule has 3 aromatic rings. The average molecular weight is 541 g/mol. The molecule has 0 saturated carbocycles. The van der Waals surface area contributed by atoms with Gasteiger partial charge in [0, 0.05) is 62.6 Å². The van der Waals surface area contributed by atoms with E-state index in [4.69, 9.17) is 4.98 Å². The summed E-state index contributed by atoms with van der Waals surface area (Å²) in [6, 6.07) is 15.6. The van der Waals surface area contributed by atoms with Gasteiger partial charge in [-0.1, -0.05) is 24.8 Å². The molecule has 0 fully saturated rings. The number of nitrogens with one attached hydrogen (secondary N) is 1. The summed E-state index contributed by atoms with van der Waals surface area (Å²) in [5.41, 5.74) is 4.63. The molecule has 40 heavy (non-hydrogen) atoms. The van der Waals surface area contributed by atoms with Crippen LogP contribution < -0.4 is 20.0 Å². The number of anilines is 5. The highest BCUT2D eigenvalue weighted by molar-refractivity contribution is 6.02. The molecule has 10 nitrogen and oxygen atoms in total. The molecule has 0 saturated heterocycles. The molecule has 5 rings (SSSR count). The fourth-order valence-corrected chi connectivity index (χ4v) is 5.25. The van der Waals surface area contributed by atoms with Crippen molar-refractivity contribution in [2.75, 3.05) is 67.8 Å². The summed E-state index contributed by atoms with van der Waals surface area (Å²) in [5, 5.41) is 3.27. The van der Waals surface area contributed by atoms with Crippen molar-refractivity contribution in [3.63, 3.8) is 0 Å². The Morgan fingerprint density at radius 1 is 1.12 bits per heavy atom. The van der Waals surface area contributed by atoms with Gasteiger partial charge in [-0.15, -0.1) is 0 Å². The molecule has 10 heteroatoms. The van der Waals surface area contributed by atoms with Crippen LogP contribution in [0.1, 0.15) is 23.6 Å². The van der Waals surface area contributed by atoms with Gasteiger partial charge in [-0.25, -0.2) is 9.78 Å². The number of aromatic nitrogens is 2. The van der Waals surface area contributed by atoms with Crippen molar-refractivity contribution in [2.24, 2.45) is 0 Å². The number of carbonyl (C=O) groups is 2. The maximum Gasteiger partial charge on any atom is 0.326 e. The minimum absolute atomic E-state index is 0.134. The maximum atomic E-state index is 13.6. The SMILES string of the molecule is C=CC(=O)N1CCC(N2Cc3cnc(Nc4ccc(N(C)CCN(C)C)cc4)nc3N(C)C2=O)c2ccccc21. The van der Waals surface area contributed by atoms with Crippen molar-refractivity contribution in [1.82, 2.24) is 19.8 Å². The van der Waals surface area contributed by atoms with Crippen LogP contribution in [0.5, 0.6) is 0 Å². The molecule has 2 aliphatic heterocycles. The van der Waals surface area contributed by atoms with Crippen LogP contribution in [0.15, 0.2) is 67.4 Å². The molecule has 1 unspecified atom stereocenters. The highest BCUT2D eigenvalue weighted by Gasteiger charge is 2.38. The molecule has 0 bridgehead atoms. The highest BCUT2D eigenvalue weighted by Crippen LogP contribution is 2.41. The van der Waals surface area contributed by atoms with E-state index in [-0.39, 0.29) is 18.0 Å². The van der Waals surface area contributed by atoms with Crippen molar-refractivity contribution in [2.45, 2.75) is 19.0 Å². The summed E-state index contributed by atoms with van der Waals surface area (Å²) >= 11 is 0. The van der Waals surface area contributed by atoms with Gasteiger partial charge >= 0.3 is 6.03 Å². The van der Waals surface area contributed by atoms with E-state index in [0.29, 0.717) is 31.3 Å². The number of rotatable bonds is 8. The van der Waals surface area contributed by atoms with Crippen LogP contribution in [0, 0.1) is 0 Å². The number of benzene rings is 2. The first-order valence-corrected chi connectivity index (χ1v) is 13.4. The van der Waals surface area contributed by atoms with Gasteiger partial charge < -0.3 is 24.9 Å². The number of hydrogen-bond acceptors (Lipinski definition) is 7. The van der Waals surface area contributed by atoms with Gasteiger partial charge in [0.05, 0.1) is 12.6 Å². The second kappa shape index (κ2) is 11.4. The van der Waals surface area contributed by atoms with Crippen molar-refractivity contribution >= 4 is 40.8 Å². The van der Waals surface area contributed by atoms with E-state index < -0.39 is 0 Å². The van der Waals surface area contributed by atoms with Gasteiger partial charge in [0.25, 0.3) is 0 Å². The zero-order chi connectivity index (χ0) is 28.4. The summed E-state index contributed by atoms with van der Waals surface area (Å²) < 4.78 is 0. The van der Waals surface area contributed by atoms with Crippen LogP contribution in [0.25, 0.3) is 0 Å². The smallest absolute Gasteiger partial charge is 0.326 e. The third kappa shape index (κ3) is 5.35. The Hall–Kier alpha value is -4.44. The highest BCUT2D eigenvalue weighted by atomic mass is 16.2. The van der Waals surface area contributed by atoms with Gasteiger partial charge in [-0.3, -0.25) is 9.69 Å². The van der Waals surface area contributed by atoms with E-state index in [0.717, 1.165) is 41.3 Å². The monoisotopic (exact) mass is 540 g/mol. The predicted octanol–water partition coefficient (Wildman–Crippen LogP) is 4.25. The molecule has 2 aromatic carbocycles. The van der Waals surface area contributed by atoms with Crippen molar-refractivity contribution < 1.29 is 9.59 Å². The van der Waals surface area contributed by atoms with E-state index in [1.54, 1.807) is 23.0 Å². The van der Waals surface area contributed by atoms with Crippen LogP contribution in [-0.4, -0.2) is 79.5 Å². The molecule has 208 valence electrons. The Morgan fingerprint density at radius 2 is 1.88 bits per heavy atom. The molecule has 1 atom stereocenters. The van der Waals surface area contributed by atoms with Crippen LogP contribution in [-0.2, 0) is 11.3 Å². The quantitative estimate of drug-likeness (QED) is 0.427. The lowest BCUT2D eigenvalue weighted by Gasteiger charge is -2.43. The number of amides is 3. The first kappa shape index (κ1) is 27.1. The van der Waals surface area contributed by atoms with Crippen LogP contribution >= 0.6 is 0 Å². The summed E-state index contributed by atoms with van der Waals surface area (Å²) in [7, 11) is 7.96. The third-order valence-corrected chi connectivity index (χ3v) is 7.51. The Labute approximate surface area is 235 Å². The van der Waals surface area contributed by atoms with E-state index in [1.807, 2.05) is 41.3 Å². The lowest BCUT2D eigenvalue weighted by Crippen LogP contribution is -2.49. The first-order valence-electron chi connectivity index (χ1n) is 13.4. The Bertz CT molecular complexity index is 1410. The number of carbonyl (C=O) groups excluding carboxylic acids is 2. The standard InChI is InChI=1S/C30H36N8O2/c1-6-27(39)37-16-15-26(24-9-7-8-10-25(24)37)38-20-21-19-31-29(33-28(21)36(5)30(38)40)32-22-11-13-23(14-12-22)35(4)18-17-34(2)3/h6-14,19,26H,1,15-18,20H2,2-5H3,(H,31,32,33). The second-order valence-corrected chi connectivity index (χ2v) is 10.5. The topological polar surface area (TPSA) is 88.2 Å². The van der Waals surface area contributed by atoms with Crippen LogP contribution in [0.3, 0.4) is 0 Å². The zero-order valence-corrected chi connectivity index (χ0v) is 23.5. The van der Waals surface area contributed by atoms with Crippen molar-refractivity contribution in [3.05, 3.63) is 78.5 Å². The van der Waals surface area contributed by atoms with Crippen LogP contribution in [0.4, 0.5) is 33.6 Å². The van der Waals surface area contributed by atoms with E-state index >= 15 is 0 Å². The molecule has 1 N–H and O–H groups in total. The molecule has 0 aliphatic carbocycles. The summed E-state index contributed by atoms with van der Waals surface area (Å²) in [6.07, 6.45) is 3.74. The molecule has 3 heterocycles. The molecular formula is C30H36N8O2. The molecule has 1 aromatic heterocycles. The summed E-state index contributed by atoms with van der Waals surface area (Å²) in [5.74, 6) is 0.881. The molecule has 3 amide bonds. The van der Waals surface area contributed by atoms with Crippen molar-refractivity contribution in [3.8, 4) is 0 Å². The second-order valence-electron chi connectivity index (χ2n) is 10.5. The van der Waals surface area contributed by atoms with Gasteiger partial charge in [-0.05, 0) is 62.5 Å². The van der Waals surface area contributed by atoms with Crippen molar-refractivity contribution in [1.29, 1.82) is 0 Å². The number of likely N-dealkylation sites (N-methyl/N-ethyl adjacent to an activating group) is 2. The lowest BCUT2D eigenvalue weighted by molar-refractivity contribution is -0.114. The Balaban J connectivity index is 1.32. The van der Waals surface area contributed by atoms with E-state index in [1.165, 1.54) is 6.08 Å². The van der Waals surface area contributed by atoms with E-state index in [2.05, 4.69) is 60.0 Å². The predicted molar refractivity (Wildman–Crippen MR) is 159 cm³/mol. The first-order chi connectivity index (χ1) is 19.3. The normalized spacial score (nSPS) is 16.5. The summed E-state index contributed by atoms with van der Waals surface area (Å²) in [6.45, 7) is 6.45. The van der Waals surface area contributed by atoms with E-state index in [9.17, 15) is 9.59 Å². The third-order valence-electron chi connectivity index (χ3n) is 7.51. The van der Waals surface area contributed by atoms with Gasteiger partial charge in [-0.2, -0.15) is 4.98 Å². The largest absolute Gasteiger partial charge is 0.373 e. The zero-order valence-electron chi connectivity index (χ0n) is 23.5. The average Bonchev–Trinajstić information content (AvgIpc) is 2.97. The maximum absolute atomic E-state index is 13.6. The minimum Gasteiger partial charge on any atom is -0.373 e. The van der Waals surface area contributed by atoms with Gasteiger partial charge in [0.15, 0.2) is 0 Å². The molecular weight excluding hydrogens is 504 g/mol. The Morgan fingerprint density at radius 3 is 2.60 bits per heavy atom. The molecule has 0 radical (unpaired) electrons. The minimum atomic E-state index is -0.166. The fraction of sp³-hybridized carbons (Fsp3) is 0.333. The molecule has 0 spiro atoms. The van der Waals surface area contributed by atoms with Crippen LogP contribution in [0.2, 0.25) is 0 Å².